The lowest BCUT2D eigenvalue weighted by atomic mass is 9.96. The summed E-state index contributed by atoms with van der Waals surface area (Å²) in [6.45, 7) is 7.13. The van der Waals surface area contributed by atoms with Crippen molar-refractivity contribution >= 4 is 15.7 Å². The van der Waals surface area contributed by atoms with Gasteiger partial charge in [0.25, 0.3) is 5.91 Å². The minimum absolute atomic E-state index is 0.0692. The van der Waals surface area contributed by atoms with Gasteiger partial charge in [-0.1, -0.05) is 12.1 Å². The third kappa shape index (κ3) is 6.26. The monoisotopic (exact) mass is 451 g/mol. The fourth-order valence-corrected chi connectivity index (χ4v) is 5.91. The Morgan fingerprint density at radius 1 is 1.10 bits per heavy atom. The summed E-state index contributed by atoms with van der Waals surface area (Å²) >= 11 is 0. The Bertz CT molecular complexity index is 836. The first kappa shape index (κ1) is 22.7. The molecule has 1 aromatic rings. The van der Waals surface area contributed by atoms with E-state index >= 15 is 0 Å². The van der Waals surface area contributed by atoms with E-state index in [1.165, 1.54) is 0 Å². The summed E-state index contributed by atoms with van der Waals surface area (Å²) in [5.41, 5.74) is 1.67. The van der Waals surface area contributed by atoms with E-state index in [9.17, 15) is 13.2 Å². The lowest BCUT2D eigenvalue weighted by Gasteiger charge is -2.37. The summed E-state index contributed by atoms with van der Waals surface area (Å²) in [6.07, 6.45) is 1.03. The van der Waals surface area contributed by atoms with Crippen LogP contribution in [0, 0.1) is 5.92 Å². The van der Waals surface area contributed by atoms with Gasteiger partial charge in [-0.2, -0.15) is 0 Å². The van der Waals surface area contributed by atoms with Crippen LogP contribution in [0.15, 0.2) is 24.3 Å². The Hall–Kier alpha value is -1.52. The van der Waals surface area contributed by atoms with Crippen molar-refractivity contribution in [3.63, 3.8) is 0 Å². The average Bonchev–Trinajstić information content (AvgIpc) is 3.31. The molecule has 9 heteroatoms. The lowest BCUT2D eigenvalue weighted by Crippen LogP contribution is -2.52. The Morgan fingerprint density at radius 2 is 1.87 bits per heavy atom. The molecule has 172 valence electrons. The number of hydrogen-bond donors (Lipinski definition) is 1. The molecule has 8 nitrogen and oxygen atoms in total. The second-order valence-electron chi connectivity index (χ2n) is 8.68. The quantitative estimate of drug-likeness (QED) is 0.641. The fraction of sp³-hybridized carbons (Fsp3) is 0.682. The van der Waals surface area contributed by atoms with Crippen molar-refractivity contribution in [3.05, 3.63) is 35.4 Å². The number of carbonyl (C=O) groups excluding carboxylic acids is 1. The molecule has 3 saturated heterocycles. The van der Waals surface area contributed by atoms with Gasteiger partial charge >= 0.3 is 0 Å². The van der Waals surface area contributed by atoms with Gasteiger partial charge in [0.2, 0.25) is 0 Å². The number of ether oxygens (including phenoxy) is 2. The summed E-state index contributed by atoms with van der Waals surface area (Å²) in [5.74, 6) is 0.780. The van der Waals surface area contributed by atoms with Crippen LogP contribution in [-0.2, 0) is 25.9 Å². The van der Waals surface area contributed by atoms with Crippen molar-refractivity contribution in [2.75, 3.05) is 70.7 Å². The van der Waals surface area contributed by atoms with Gasteiger partial charge in [-0.05, 0) is 24.1 Å². The van der Waals surface area contributed by atoms with E-state index in [0.29, 0.717) is 37.7 Å². The Morgan fingerprint density at radius 3 is 2.58 bits per heavy atom. The first-order chi connectivity index (χ1) is 15.0. The predicted molar refractivity (Wildman–Crippen MR) is 118 cm³/mol. The van der Waals surface area contributed by atoms with E-state index in [1.54, 1.807) is 0 Å². The van der Waals surface area contributed by atoms with E-state index in [2.05, 4.69) is 15.1 Å². The van der Waals surface area contributed by atoms with Crippen molar-refractivity contribution in [2.45, 2.75) is 19.0 Å². The summed E-state index contributed by atoms with van der Waals surface area (Å²) in [5, 5.41) is 3.14. The molecular weight excluding hydrogens is 418 g/mol. The molecule has 0 unspecified atom stereocenters. The first-order valence-electron chi connectivity index (χ1n) is 11.2. The maximum Gasteiger partial charge on any atom is 0.251 e. The van der Waals surface area contributed by atoms with Crippen LogP contribution in [0.4, 0.5) is 0 Å². The molecule has 0 spiro atoms. The summed E-state index contributed by atoms with van der Waals surface area (Å²) in [4.78, 5) is 17.5. The highest BCUT2D eigenvalue weighted by molar-refractivity contribution is 7.91. The van der Waals surface area contributed by atoms with Gasteiger partial charge in [-0.15, -0.1) is 0 Å². The van der Waals surface area contributed by atoms with Gasteiger partial charge in [0.05, 0.1) is 31.3 Å². The molecule has 3 aliphatic heterocycles. The lowest BCUT2D eigenvalue weighted by molar-refractivity contribution is 0.00166. The van der Waals surface area contributed by atoms with Crippen molar-refractivity contribution in [1.82, 2.24) is 15.1 Å². The smallest absolute Gasteiger partial charge is 0.251 e. The van der Waals surface area contributed by atoms with Crippen LogP contribution in [-0.4, -0.2) is 101 Å². The Kier molecular flexibility index (Phi) is 7.60. The van der Waals surface area contributed by atoms with Gasteiger partial charge in [0.1, 0.15) is 0 Å². The fourth-order valence-electron chi connectivity index (χ4n) is 4.64. The Labute approximate surface area is 184 Å². The predicted octanol–water partition coefficient (Wildman–Crippen LogP) is 0.384. The number of rotatable bonds is 7. The molecule has 0 aliphatic carbocycles. The maximum absolute atomic E-state index is 12.9. The molecule has 0 saturated carbocycles. The number of nitrogens with one attached hydrogen (secondary N) is 1. The largest absolute Gasteiger partial charge is 0.381 e. The van der Waals surface area contributed by atoms with E-state index in [4.69, 9.17) is 9.47 Å². The SMILES string of the molecule is O=C(NC[C@H]([C@@H]1CCOC1)N1CCOCC1)c1cccc(CN2CCS(=O)(=O)CC2)c1. The zero-order chi connectivity index (χ0) is 21.7. The highest BCUT2D eigenvalue weighted by Crippen LogP contribution is 2.22. The van der Waals surface area contributed by atoms with Crippen molar-refractivity contribution in [2.24, 2.45) is 5.92 Å². The molecule has 1 N–H and O–H groups in total. The van der Waals surface area contributed by atoms with Gasteiger partial charge in [0.15, 0.2) is 9.84 Å². The third-order valence-corrected chi connectivity index (χ3v) is 8.14. The molecule has 0 bridgehead atoms. The van der Waals surface area contributed by atoms with E-state index in [-0.39, 0.29) is 23.5 Å². The van der Waals surface area contributed by atoms with Gasteiger partial charge in [0, 0.05) is 63.4 Å². The number of amides is 1. The van der Waals surface area contributed by atoms with Crippen LogP contribution in [0.2, 0.25) is 0 Å². The maximum atomic E-state index is 12.9. The highest BCUT2D eigenvalue weighted by atomic mass is 32.2. The van der Waals surface area contributed by atoms with Crippen molar-refractivity contribution in [3.8, 4) is 0 Å². The second kappa shape index (κ2) is 10.4. The molecule has 2 atom stereocenters. The highest BCUT2D eigenvalue weighted by Gasteiger charge is 2.32. The number of hydrogen-bond acceptors (Lipinski definition) is 7. The molecule has 3 fully saturated rings. The van der Waals surface area contributed by atoms with Crippen LogP contribution in [0.3, 0.4) is 0 Å². The minimum Gasteiger partial charge on any atom is -0.381 e. The number of sulfone groups is 1. The van der Waals surface area contributed by atoms with Gasteiger partial charge < -0.3 is 14.8 Å². The zero-order valence-corrected chi connectivity index (χ0v) is 18.8. The van der Waals surface area contributed by atoms with Crippen LogP contribution in [0.1, 0.15) is 22.3 Å². The number of morpholine rings is 1. The van der Waals surface area contributed by atoms with Crippen LogP contribution in [0.5, 0.6) is 0 Å². The van der Waals surface area contributed by atoms with Gasteiger partial charge in [-0.3, -0.25) is 14.6 Å². The van der Waals surface area contributed by atoms with Crippen molar-refractivity contribution < 1.29 is 22.7 Å². The Balaban J connectivity index is 1.34. The van der Waals surface area contributed by atoms with E-state index in [0.717, 1.165) is 51.5 Å². The average molecular weight is 452 g/mol. The number of nitrogens with zero attached hydrogens (tertiary/aromatic N) is 2. The van der Waals surface area contributed by atoms with Crippen LogP contribution in [0.25, 0.3) is 0 Å². The summed E-state index contributed by atoms with van der Waals surface area (Å²) < 4.78 is 34.4. The topological polar surface area (TPSA) is 88.2 Å². The number of carbonyl (C=O) groups is 1. The van der Waals surface area contributed by atoms with E-state index in [1.807, 2.05) is 24.3 Å². The third-order valence-electron chi connectivity index (χ3n) is 6.53. The summed E-state index contributed by atoms with van der Waals surface area (Å²) in [6, 6.07) is 7.90. The van der Waals surface area contributed by atoms with Crippen molar-refractivity contribution in [1.29, 1.82) is 0 Å². The number of benzene rings is 1. The van der Waals surface area contributed by atoms with Crippen LogP contribution < -0.4 is 5.32 Å². The molecule has 4 rings (SSSR count). The van der Waals surface area contributed by atoms with E-state index < -0.39 is 9.84 Å². The molecule has 0 radical (unpaired) electrons. The molecular formula is C22H33N3O5S. The minimum atomic E-state index is -2.89. The van der Waals surface area contributed by atoms with Gasteiger partial charge in [-0.25, -0.2) is 8.42 Å². The summed E-state index contributed by atoms with van der Waals surface area (Å²) in [7, 11) is -2.89. The molecule has 0 aromatic heterocycles. The zero-order valence-electron chi connectivity index (χ0n) is 18.0. The standard InChI is InChI=1S/C22H33N3O5S/c26-22(23-15-21(20-4-9-30-17-20)25-5-10-29-11-6-25)19-3-1-2-18(14-19)16-24-7-12-31(27,28)13-8-24/h1-3,14,20-21H,4-13,15-17H2,(H,23,26)/t20-,21-/m1/s1. The second-order valence-corrected chi connectivity index (χ2v) is 11.0. The molecule has 1 aromatic carbocycles. The molecule has 3 heterocycles. The first-order valence-corrected chi connectivity index (χ1v) is 13.0. The molecule has 1 amide bonds. The molecule has 31 heavy (non-hydrogen) atoms. The normalized spacial score (nSPS) is 25.9. The molecule has 3 aliphatic rings. The van der Waals surface area contributed by atoms with Crippen LogP contribution >= 0.6 is 0 Å².